The molecule has 21 heavy (non-hydrogen) atoms. The van der Waals surface area contributed by atoms with Gasteiger partial charge in [-0.3, -0.25) is 4.55 Å². The first kappa shape index (κ1) is 32.6. The fourth-order valence-corrected chi connectivity index (χ4v) is 2.08. The minimum Gasteiger partial charge on any atom is -0.344 e. The highest BCUT2D eigenvalue weighted by atomic mass is 32.3. The van der Waals surface area contributed by atoms with Crippen molar-refractivity contribution in [2.45, 2.75) is 71.1 Å². The molecule has 13 N–H and O–H groups in total. The maximum Gasteiger partial charge on any atom is 0.397 e. The summed E-state index contributed by atoms with van der Waals surface area (Å²) in [5, 5.41) is 0. The molecule has 0 aromatic carbocycles. The van der Waals surface area contributed by atoms with E-state index in [1.54, 1.807) is 0 Å². The molecule has 0 rings (SSSR count). The van der Waals surface area contributed by atoms with E-state index in [1.165, 1.54) is 44.9 Å². The smallest absolute Gasteiger partial charge is 0.344 e. The first-order chi connectivity index (χ1) is 8.06. The average Bonchev–Trinajstić information content (AvgIpc) is 2.24. The van der Waals surface area contributed by atoms with Crippen molar-refractivity contribution in [3.63, 3.8) is 0 Å². The third kappa shape index (κ3) is 32.9. The van der Waals surface area contributed by atoms with Crippen molar-refractivity contribution in [2.24, 2.45) is 0 Å². The molecule has 9 heteroatoms. The summed E-state index contributed by atoms with van der Waals surface area (Å²) in [4.78, 5) is 0. The molecule has 0 unspecified atom stereocenters. The highest BCUT2D eigenvalue weighted by Crippen LogP contribution is 2.10. The number of hydrogen-bond donors (Lipinski definition) is 5. The zero-order chi connectivity index (χ0) is 13.0. The van der Waals surface area contributed by atoms with E-state index in [2.05, 4.69) is 11.1 Å². The molecule has 0 saturated heterocycles. The highest BCUT2D eigenvalue weighted by molar-refractivity contribution is 7.80. The molecule has 0 atom stereocenters. The first-order valence-electron chi connectivity index (χ1n) is 6.68. The van der Waals surface area contributed by atoms with Crippen molar-refractivity contribution in [3.8, 4) is 0 Å². The Morgan fingerprint density at radius 1 is 0.714 bits per heavy atom. The van der Waals surface area contributed by atoms with Crippen LogP contribution in [0.25, 0.3) is 0 Å². The van der Waals surface area contributed by atoms with Gasteiger partial charge in [0.05, 0.1) is 6.61 Å². The van der Waals surface area contributed by atoms with Gasteiger partial charge in [0.2, 0.25) is 0 Å². The molecule has 0 aliphatic carbocycles. The number of rotatable bonds is 12. The molecular formula is C12H38N4O4S. The lowest BCUT2D eigenvalue weighted by Crippen LogP contribution is -2.04. The fourth-order valence-electron chi connectivity index (χ4n) is 1.75. The summed E-state index contributed by atoms with van der Waals surface area (Å²) in [5.74, 6) is 0. The van der Waals surface area contributed by atoms with E-state index in [-0.39, 0.29) is 31.2 Å². The van der Waals surface area contributed by atoms with Crippen LogP contribution in [0.1, 0.15) is 71.1 Å². The van der Waals surface area contributed by atoms with Crippen LogP contribution in [0.5, 0.6) is 0 Å². The predicted octanol–water partition coefficient (Wildman–Crippen LogP) is 4.37. The average molecular weight is 335 g/mol. The van der Waals surface area contributed by atoms with Gasteiger partial charge in [0.15, 0.2) is 0 Å². The van der Waals surface area contributed by atoms with Crippen LogP contribution in [0.2, 0.25) is 0 Å². The minimum atomic E-state index is -4.23. The number of unbranched alkanes of at least 4 members (excludes halogenated alkanes) is 9. The van der Waals surface area contributed by atoms with Gasteiger partial charge in [0.25, 0.3) is 0 Å². The molecule has 0 spiro atoms. The summed E-state index contributed by atoms with van der Waals surface area (Å²) in [6, 6.07) is 0. The van der Waals surface area contributed by atoms with Crippen molar-refractivity contribution in [1.82, 2.24) is 24.6 Å². The Kier molecular flexibility index (Phi) is 34.1. The maximum absolute atomic E-state index is 10.2. The van der Waals surface area contributed by atoms with Crippen LogP contribution in [-0.2, 0) is 14.6 Å². The summed E-state index contributed by atoms with van der Waals surface area (Å²) < 4.78 is 33.0. The van der Waals surface area contributed by atoms with Crippen LogP contribution >= 0.6 is 0 Å². The topological polar surface area (TPSA) is 204 Å². The second kappa shape index (κ2) is 22.0. The Morgan fingerprint density at radius 3 is 1.38 bits per heavy atom. The largest absolute Gasteiger partial charge is 0.397 e. The third-order valence-electron chi connectivity index (χ3n) is 2.73. The first-order valence-corrected chi connectivity index (χ1v) is 8.04. The van der Waals surface area contributed by atoms with Crippen LogP contribution in [0.4, 0.5) is 0 Å². The quantitative estimate of drug-likeness (QED) is 0.255. The van der Waals surface area contributed by atoms with Crippen molar-refractivity contribution in [2.75, 3.05) is 6.61 Å². The van der Waals surface area contributed by atoms with Crippen LogP contribution in [-0.4, -0.2) is 19.6 Å². The maximum atomic E-state index is 10.2. The second-order valence-corrected chi connectivity index (χ2v) is 5.52. The fraction of sp³-hybridized carbons (Fsp3) is 1.00. The number of hydrogen-bond acceptors (Lipinski definition) is 7. The van der Waals surface area contributed by atoms with E-state index < -0.39 is 10.4 Å². The zero-order valence-corrected chi connectivity index (χ0v) is 14.5. The summed E-state index contributed by atoms with van der Waals surface area (Å²) in [6.45, 7) is 2.31. The highest BCUT2D eigenvalue weighted by Gasteiger charge is 2.02. The molecule has 0 bridgehead atoms. The SMILES string of the molecule is CCCCCCCCCCCCOS(=O)(=O)O.N.N.N.N. The normalized spacial score (nSPS) is 9.62. The Bertz CT molecular complexity index is 264. The van der Waals surface area contributed by atoms with Gasteiger partial charge in [-0.15, -0.1) is 0 Å². The van der Waals surface area contributed by atoms with E-state index >= 15 is 0 Å². The van der Waals surface area contributed by atoms with E-state index in [0.717, 1.165) is 12.8 Å². The minimum absolute atomic E-state index is 0. The van der Waals surface area contributed by atoms with Crippen LogP contribution in [0, 0.1) is 0 Å². The molecular weight excluding hydrogens is 296 g/mol. The van der Waals surface area contributed by atoms with Gasteiger partial charge >= 0.3 is 10.4 Å². The summed E-state index contributed by atoms with van der Waals surface area (Å²) in [5.41, 5.74) is 0. The van der Waals surface area contributed by atoms with Gasteiger partial charge < -0.3 is 24.6 Å². The Hall–Kier alpha value is -0.290. The lowest BCUT2D eigenvalue weighted by molar-refractivity contribution is 0.261. The summed E-state index contributed by atoms with van der Waals surface area (Å²) in [6.07, 6.45) is 11.9. The lowest BCUT2D eigenvalue weighted by atomic mass is 10.1. The lowest BCUT2D eigenvalue weighted by Gasteiger charge is -2.02. The van der Waals surface area contributed by atoms with E-state index in [0.29, 0.717) is 6.42 Å². The standard InChI is InChI=1S/C12H26O4S.4H3N/c1-2-3-4-5-6-7-8-9-10-11-12-16-17(13,14)15;;;;/h2-12H2,1H3,(H,13,14,15);4*1H3. The molecule has 136 valence electrons. The monoisotopic (exact) mass is 334 g/mol. The molecule has 0 aliphatic rings. The van der Waals surface area contributed by atoms with Gasteiger partial charge in [-0.1, -0.05) is 64.7 Å². The molecule has 0 heterocycles. The van der Waals surface area contributed by atoms with Crippen molar-refractivity contribution < 1.29 is 17.2 Å². The van der Waals surface area contributed by atoms with Gasteiger partial charge in [-0.05, 0) is 6.42 Å². The van der Waals surface area contributed by atoms with E-state index in [1.807, 2.05) is 0 Å². The van der Waals surface area contributed by atoms with Crippen LogP contribution in [0.15, 0.2) is 0 Å². The Morgan fingerprint density at radius 2 is 1.05 bits per heavy atom. The van der Waals surface area contributed by atoms with E-state index in [9.17, 15) is 8.42 Å². The van der Waals surface area contributed by atoms with Gasteiger partial charge in [-0.2, -0.15) is 8.42 Å². The molecule has 8 nitrogen and oxygen atoms in total. The van der Waals surface area contributed by atoms with Gasteiger partial charge in [0, 0.05) is 0 Å². The molecule has 0 radical (unpaired) electrons. The molecule has 0 amide bonds. The Balaban J connectivity index is -0.000000213. The predicted molar refractivity (Wildman–Crippen MR) is 89.4 cm³/mol. The molecule has 0 fully saturated rings. The van der Waals surface area contributed by atoms with Crippen molar-refractivity contribution >= 4 is 10.4 Å². The van der Waals surface area contributed by atoms with E-state index in [4.69, 9.17) is 4.55 Å². The molecule has 0 saturated carbocycles. The van der Waals surface area contributed by atoms with Crippen LogP contribution < -0.4 is 24.6 Å². The summed E-state index contributed by atoms with van der Waals surface area (Å²) >= 11 is 0. The molecule has 0 aromatic rings. The Labute approximate surface area is 130 Å². The summed E-state index contributed by atoms with van der Waals surface area (Å²) in [7, 11) is -4.23. The van der Waals surface area contributed by atoms with Gasteiger partial charge in [-0.25, -0.2) is 4.18 Å². The molecule has 0 aromatic heterocycles. The second-order valence-electron chi connectivity index (χ2n) is 4.43. The molecule has 0 aliphatic heterocycles. The van der Waals surface area contributed by atoms with Crippen molar-refractivity contribution in [3.05, 3.63) is 0 Å². The van der Waals surface area contributed by atoms with Crippen LogP contribution in [0.3, 0.4) is 0 Å². The van der Waals surface area contributed by atoms with Crippen molar-refractivity contribution in [1.29, 1.82) is 0 Å². The zero-order valence-electron chi connectivity index (χ0n) is 13.7. The van der Waals surface area contributed by atoms with Gasteiger partial charge in [0.1, 0.15) is 0 Å². The third-order valence-corrected chi connectivity index (χ3v) is 3.19.